The Morgan fingerprint density at radius 3 is 2.64 bits per heavy atom. The minimum absolute atomic E-state index is 0.0186. The second kappa shape index (κ2) is 10.7. The lowest BCUT2D eigenvalue weighted by atomic mass is 10.1. The molecule has 3 amide bonds. The fourth-order valence-electron chi connectivity index (χ4n) is 6.58. The molecule has 5 aromatic rings. The molecular formula is C35H34N8O4. The van der Waals surface area contributed by atoms with Crippen LogP contribution in [0.1, 0.15) is 65.5 Å². The third-order valence-corrected chi connectivity index (χ3v) is 9.61. The number of imide groups is 1. The van der Waals surface area contributed by atoms with Crippen LogP contribution in [0.15, 0.2) is 55.0 Å². The average Bonchev–Trinajstić information content (AvgIpc) is 3.98. The number of anilines is 2. The molecule has 4 aromatic heterocycles. The summed E-state index contributed by atoms with van der Waals surface area (Å²) in [5, 5.41) is 4.48. The van der Waals surface area contributed by atoms with Gasteiger partial charge in [-0.15, -0.1) is 0 Å². The normalized spacial score (nSPS) is 21.1. The van der Waals surface area contributed by atoms with Crippen molar-refractivity contribution in [2.45, 2.75) is 56.6 Å². The molecule has 2 saturated carbocycles. The van der Waals surface area contributed by atoms with Crippen molar-refractivity contribution in [3.05, 3.63) is 83.5 Å². The molecule has 0 bridgehead atoms. The van der Waals surface area contributed by atoms with E-state index in [0.717, 1.165) is 70.1 Å². The van der Waals surface area contributed by atoms with Crippen LogP contribution in [-0.4, -0.2) is 74.1 Å². The topological polar surface area (TPSA) is 127 Å². The summed E-state index contributed by atoms with van der Waals surface area (Å²) < 4.78 is 13.7. The molecule has 47 heavy (non-hydrogen) atoms. The first-order valence-corrected chi connectivity index (χ1v) is 16.2. The quantitative estimate of drug-likeness (QED) is 0.226. The van der Waals surface area contributed by atoms with Crippen molar-refractivity contribution in [3.63, 3.8) is 0 Å². The van der Waals surface area contributed by atoms with E-state index in [1.807, 2.05) is 48.0 Å². The molecule has 4 aliphatic rings. The molecule has 1 N–H and O–H groups in total. The standard InChI is InChI=1S/C35H34N8O4/c1-19-7-8-36-33(38-19)27-11-26(27)29-12-31(47-24-17-46-18-24)25-6-5-22(10-28(25)40-29)37-13-23-15-42-14-21(20-3-4-20)9-30(34(42)39-23)43-16-32(44)41(2)35(43)45/h5-10,12,14-15,20,24,26-27,37H,3-4,11,13,16-18H2,1-2H3/t26-,27-/m0/s1. The maximum Gasteiger partial charge on any atom is 0.331 e. The van der Waals surface area contributed by atoms with E-state index in [1.165, 1.54) is 16.8 Å². The lowest BCUT2D eigenvalue weighted by molar-refractivity contribution is -0.123. The predicted octanol–water partition coefficient (Wildman–Crippen LogP) is 4.92. The average molecular weight is 631 g/mol. The number of hydrogen-bond donors (Lipinski definition) is 1. The first-order valence-electron chi connectivity index (χ1n) is 16.2. The molecule has 9 rings (SSSR count). The van der Waals surface area contributed by atoms with Gasteiger partial charge in [0.05, 0.1) is 36.7 Å². The van der Waals surface area contributed by atoms with Gasteiger partial charge in [0.2, 0.25) is 5.91 Å². The third kappa shape index (κ3) is 5.12. The molecule has 4 fully saturated rings. The smallest absolute Gasteiger partial charge is 0.331 e. The zero-order valence-electron chi connectivity index (χ0n) is 26.2. The van der Waals surface area contributed by atoms with Gasteiger partial charge in [0, 0.05) is 66.0 Å². The van der Waals surface area contributed by atoms with Crippen molar-refractivity contribution in [2.24, 2.45) is 0 Å². The van der Waals surface area contributed by atoms with E-state index >= 15 is 0 Å². The Morgan fingerprint density at radius 2 is 1.89 bits per heavy atom. The van der Waals surface area contributed by atoms with Crippen molar-refractivity contribution in [1.29, 1.82) is 0 Å². The van der Waals surface area contributed by atoms with Gasteiger partial charge in [0.15, 0.2) is 5.65 Å². The number of pyridine rings is 2. The highest BCUT2D eigenvalue weighted by Crippen LogP contribution is 2.54. The minimum atomic E-state index is -0.326. The summed E-state index contributed by atoms with van der Waals surface area (Å²) in [5.41, 5.74) is 7.03. The van der Waals surface area contributed by atoms with E-state index in [1.54, 1.807) is 0 Å². The minimum Gasteiger partial charge on any atom is -0.485 e. The van der Waals surface area contributed by atoms with Crippen LogP contribution in [0, 0.1) is 6.92 Å². The van der Waals surface area contributed by atoms with Crippen molar-refractivity contribution in [3.8, 4) is 5.75 Å². The van der Waals surface area contributed by atoms with Crippen LogP contribution < -0.4 is 15.0 Å². The predicted molar refractivity (Wildman–Crippen MR) is 174 cm³/mol. The molecule has 0 unspecified atom stereocenters. The Hall–Kier alpha value is -5.10. The first-order chi connectivity index (χ1) is 22.9. The van der Waals surface area contributed by atoms with Crippen LogP contribution in [0.3, 0.4) is 0 Å². The van der Waals surface area contributed by atoms with Crippen LogP contribution >= 0.6 is 0 Å². The molecule has 0 radical (unpaired) electrons. The maximum atomic E-state index is 12.9. The van der Waals surface area contributed by atoms with Crippen molar-refractivity contribution in [1.82, 2.24) is 29.2 Å². The summed E-state index contributed by atoms with van der Waals surface area (Å²) in [6.07, 6.45) is 9.16. The van der Waals surface area contributed by atoms with E-state index in [-0.39, 0.29) is 36.4 Å². The van der Waals surface area contributed by atoms with Crippen molar-refractivity contribution >= 4 is 39.9 Å². The third-order valence-electron chi connectivity index (χ3n) is 9.61. The van der Waals surface area contributed by atoms with E-state index in [0.29, 0.717) is 37.0 Å². The molecular weight excluding hydrogens is 596 g/mol. The number of imidazole rings is 1. The largest absolute Gasteiger partial charge is 0.485 e. The lowest BCUT2D eigenvalue weighted by Crippen LogP contribution is -2.38. The molecule has 0 spiro atoms. The van der Waals surface area contributed by atoms with Gasteiger partial charge in [0.25, 0.3) is 0 Å². The second-order valence-corrected chi connectivity index (χ2v) is 13.1. The molecule has 2 atom stereocenters. The number of rotatable bonds is 9. The molecule has 238 valence electrons. The molecule has 6 heterocycles. The SMILES string of the molecule is Cc1ccnc([C@H]2C[C@@H]2c2cc(OC3COC3)c3ccc(NCc4cn5cc(C6CC6)cc(N6CC(=O)N(C)C6=O)c5n4)cc3n2)n1. The van der Waals surface area contributed by atoms with Gasteiger partial charge in [-0.25, -0.2) is 19.7 Å². The van der Waals surface area contributed by atoms with E-state index in [4.69, 9.17) is 19.4 Å². The van der Waals surface area contributed by atoms with E-state index in [2.05, 4.69) is 33.6 Å². The summed E-state index contributed by atoms with van der Waals surface area (Å²) in [6.45, 7) is 3.65. The van der Waals surface area contributed by atoms with E-state index < -0.39 is 0 Å². The van der Waals surface area contributed by atoms with Gasteiger partial charge in [0.1, 0.15) is 24.2 Å². The number of ether oxygens (including phenoxy) is 2. The van der Waals surface area contributed by atoms with Crippen LogP contribution in [0.25, 0.3) is 16.6 Å². The van der Waals surface area contributed by atoms with Crippen LogP contribution in [0.4, 0.5) is 16.2 Å². The Balaban J connectivity index is 1.00. The highest BCUT2D eigenvalue weighted by Gasteiger charge is 2.43. The molecule has 2 aliphatic heterocycles. The Morgan fingerprint density at radius 1 is 1.02 bits per heavy atom. The highest BCUT2D eigenvalue weighted by atomic mass is 16.6. The van der Waals surface area contributed by atoms with Gasteiger partial charge in [-0.2, -0.15) is 0 Å². The first kappa shape index (κ1) is 28.1. The number of fused-ring (bicyclic) bond motifs is 2. The number of amides is 3. The summed E-state index contributed by atoms with van der Waals surface area (Å²) >= 11 is 0. The van der Waals surface area contributed by atoms with Gasteiger partial charge >= 0.3 is 6.03 Å². The van der Waals surface area contributed by atoms with Crippen molar-refractivity contribution < 1.29 is 19.1 Å². The number of nitrogens with zero attached hydrogens (tertiary/aromatic N) is 7. The summed E-state index contributed by atoms with van der Waals surface area (Å²) in [6, 6.07) is 11.8. The number of carbonyl (C=O) groups is 2. The van der Waals surface area contributed by atoms with Crippen molar-refractivity contribution in [2.75, 3.05) is 37.0 Å². The Kier molecular flexibility index (Phi) is 6.43. The van der Waals surface area contributed by atoms with Gasteiger partial charge in [-0.3, -0.25) is 19.6 Å². The van der Waals surface area contributed by atoms with Gasteiger partial charge in [-0.1, -0.05) is 0 Å². The lowest BCUT2D eigenvalue weighted by Gasteiger charge is -2.27. The highest BCUT2D eigenvalue weighted by molar-refractivity contribution is 6.13. The number of carbonyl (C=O) groups excluding carboxylic acids is 2. The zero-order chi connectivity index (χ0) is 31.8. The Bertz CT molecular complexity index is 2090. The molecule has 12 nitrogen and oxygen atoms in total. The van der Waals surface area contributed by atoms with Crippen LogP contribution in [0.2, 0.25) is 0 Å². The number of likely N-dealkylation sites (N-methyl/N-ethyl adjacent to an activating group) is 1. The molecule has 1 aromatic carbocycles. The number of nitrogens with one attached hydrogen (secondary N) is 1. The number of benzene rings is 1. The zero-order valence-corrected chi connectivity index (χ0v) is 26.2. The summed E-state index contributed by atoms with van der Waals surface area (Å²) in [5.74, 6) is 2.43. The Labute approximate surface area is 270 Å². The maximum absolute atomic E-state index is 12.9. The second-order valence-electron chi connectivity index (χ2n) is 13.1. The summed E-state index contributed by atoms with van der Waals surface area (Å²) in [4.78, 5) is 47.2. The molecule has 2 saturated heterocycles. The fourth-order valence-corrected chi connectivity index (χ4v) is 6.58. The molecule has 2 aliphatic carbocycles. The number of urea groups is 1. The monoisotopic (exact) mass is 630 g/mol. The van der Waals surface area contributed by atoms with Gasteiger partial charge in [-0.05, 0) is 68.0 Å². The number of hydrogen-bond acceptors (Lipinski definition) is 9. The van der Waals surface area contributed by atoms with Crippen LogP contribution in [-0.2, 0) is 16.1 Å². The summed E-state index contributed by atoms with van der Waals surface area (Å²) in [7, 11) is 1.52. The van der Waals surface area contributed by atoms with E-state index in [9.17, 15) is 9.59 Å². The van der Waals surface area contributed by atoms with Gasteiger partial charge < -0.3 is 19.2 Å². The number of aromatic nitrogens is 5. The number of aryl methyl sites for hydroxylation is 1. The van der Waals surface area contributed by atoms with Crippen LogP contribution in [0.5, 0.6) is 5.75 Å². The molecule has 12 heteroatoms. The fraction of sp³-hybridized carbons (Fsp3) is 0.371.